The van der Waals surface area contributed by atoms with E-state index in [1.807, 2.05) is 0 Å². The Bertz CT molecular complexity index is 234. The summed E-state index contributed by atoms with van der Waals surface area (Å²) >= 11 is 0. The van der Waals surface area contributed by atoms with Gasteiger partial charge in [-0.15, -0.1) is 0 Å². The van der Waals surface area contributed by atoms with Crippen molar-refractivity contribution in [1.82, 2.24) is 0 Å². The third kappa shape index (κ3) is 12.5. The molecular formula is C18H34O2. The van der Waals surface area contributed by atoms with E-state index >= 15 is 0 Å². The number of unbranched alkanes of at least 4 members (excludes halogenated alkanes) is 11. The van der Waals surface area contributed by atoms with E-state index < -0.39 is 5.97 Å². The topological polar surface area (TPSA) is 37.3 Å². The van der Waals surface area contributed by atoms with Crippen molar-refractivity contribution < 1.29 is 9.90 Å². The third-order valence-corrected chi connectivity index (χ3v) is 4.45. The molecule has 20 heavy (non-hydrogen) atoms. The Labute approximate surface area is 125 Å². The van der Waals surface area contributed by atoms with Crippen LogP contribution in [0.15, 0.2) is 0 Å². The van der Waals surface area contributed by atoms with Gasteiger partial charge in [0.1, 0.15) is 0 Å². The first-order valence-electron chi connectivity index (χ1n) is 9.01. The van der Waals surface area contributed by atoms with Crippen LogP contribution in [-0.2, 0) is 4.79 Å². The fraction of sp³-hybridized carbons (Fsp3) is 0.944. The summed E-state index contributed by atoms with van der Waals surface area (Å²) in [6.45, 7) is 0. The molecule has 2 nitrogen and oxygen atoms in total. The second-order valence-electron chi connectivity index (χ2n) is 6.62. The van der Waals surface area contributed by atoms with Gasteiger partial charge in [-0.1, -0.05) is 89.9 Å². The molecule has 0 radical (unpaired) electrons. The number of hydrogen-bond acceptors (Lipinski definition) is 1. The molecule has 1 N–H and O–H groups in total. The lowest BCUT2D eigenvalue weighted by Crippen LogP contribution is -1.93. The predicted molar refractivity (Wildman–Crippen MR) is 85.0 cm³/mol. The number of rotatable bonds is 15. The van der Waals surface area contributed by atoms with Gasteiger partial charge in [0.25, 0.3) is 0 Å². The van der Waals surface area contributed by atoms with Crippen LogP contribution in [0.4, 0.5) is 0 Å². The van der Waals surface area contributed by atoms with Gasteiger partial charge in [-0.25, -0.2) is 0 Å². The van der Waals surface area contributed by atoms with E-state index in [1.54, 1.807) is 0 Å². The van der Waals surface area contributed by atoms with E-state index in [4.69, 9.17) is 5.11 Å². The Morgan fingerprint density at radius 2 is 1.10 bits per heavy atom. The summed E-state index contributed by atoms with van der Waals surface area (Å²) in [4.78, 5) is 10.3. The summed E-state index contributed by atoms with van der Waals surface area (Å²) in [7, 11) is 0. The highest BCUT2D eigenvalue weighted by molar-refractivity contribution is 5.66. The minimum absolute atomic E-state index is 0.348. The van der Waals surface area contributed by atoms with Crippen LogP contribution in [-0.4, -0.2) is 11.1 Å². The number of aliphatic carboxylic acids is 1. The fourth-order valence-electron chi connectivity index (χ4n) is 2.88. The molecule has 1 saturated carbocycles. The second kappa shape index (κ2) is 12.2. The maximum Gasteiger partial charge on any atom is 0.303 e. The molecule has 0 heterocycles. The molecule has 1 rings (SSSR count). The van der Waals surface area contributed by atoms with Crippen LogP contribution in [0.2, 0.25) is 0 Å². The summed E-state index contributed by atoms with van der Waals surface area (Å²) in [6, 6.07) is 0. The quantitative estimate of drug-likeness (QED) is 0.377. The van der Waals surface area contributed by atoms with Gasteiger partial charge >= 0.3 is 5.97 Å². The van der Waals surface area contributed by atoms with E-state index in [0.29, 0.717) is 6.42 Å². The Kier molecular flexibility index (Phi) is 10.7. The fourth-order valence-corrected chi connectivity index (χ4v) is 2.88. The number of hydrogen-bond donors (Lipinski definition) is 1. The standard InChI is InChI=1S/C18H34O2/c19-18(20)14-12-10-8-6-4-2-1-3-5-7-9-11-13-17-15-16-17/h17H,1-16H2,(H,19,20). The highest BCUT2D eigenvalue weighted by Gasteiger charge is 2.19. The summed E-state index contributed by atoms with van der Waals surface area (Å²) < 4.78 is 0. The Hall–Kier alpha value is -0.530. The maximum atomic E-state index is 10.3. The monoisotopic (exact) mass is 282 g/mol. The molecule has 0 bridgehead atoms. The van der Waals surface area contributed by atoms with E-state index in [0.717, 1.165) is 18.8 Å². The lowest BCUT2D eigenvalue weighted by molar-refractivity contribution is -0.137. The van der Waals surface area contributed by atoms with Gasteiger partial charge in [-0.05, 0) is 12.3 Å². The molecule has 0 amide bonds. The van der Waals surface area contributed by atoms with E-state index in [9.17, 15) is 4.79 Å². The predicted octanol–water partition coefficient (Wildman–Crippen LogP) is 5.94. The van der Waals surface area contributed by atoms with Crippen LogP contribution >= 0.6 is 0 Å². The first-order chi connectivity index (χ1) is 9.79. The van der Waals surface area contributed by atoms with Crippen LogP contribution in [0.1, 0.15) is 103 Å². The Balaban J connectivity index is 1.62. The smallest absolute Gasteiger partial charge is 0.303 e. The van der Waals surface area contributed by atoms with Gasteiger partial charge in [-0.3, -0.25) is 4.79 Å². The lowest BCUT2D eigenvalue weighted by Gasteiger charge is -2.03. The summed E-state index contributed by atoms with van der Waals surface area (Å²) in [5.74, 6) is 0.465. The van der Waals surface area contributed by atoms with Gasteiger partial charge in [0.15, 0.2) is 0 Å². The molecule has 0 aromatic heterocycles. The van der Waals surface area contributed by atoms with Crippen molar-refractivity contribution >= 4 is 5.97 Å². The van der Waals surface area contributed by atoms with E-state index in [-0.39, 0.29) is 0 Å². The minimum Gasteiger partial charge on any atom is -0.481 e. The van der Waals surface area contributed by atoms with Crippen LogP contribution < -0.4 is 0 Å². The molecule has 118 valence electrons. The lowest BCUT2D eigenvalue weighted by atomic mass is 10.0. The molecule has 0 aromatic rings. The summed E-state index contributed by atoms with van der Waals surface area (Å²) in [6.07, 6.45) is 20.7. The minimum atomic E-state index is -0.651. The van der Waals surface area contributed by atoms with Crippen LogP contribution in [0.25, 0.3) is 0 Å². The van der Waals surface area contributed by atoms with Crippen molar-refractivity contribution in [2.24, 2.45) is 5.92 Å². The largest absolute Gasteiger partial charge is 0.481 e. The molecule has 1 fully saturated rings. The number of carbonyl (C=O) groups is 1. The van der Waals surface area contributed by atoms with Crippen molar-refractivity contribution in [1.29, 1.82) is 0 Å². The molecule has 0 saturated heterocycles. The molecule has 1 aliphatic carbocycles. The average Bonchev–Trinajstić information content (AvgIpc) is 3.23. The summed E-state index contributed by atoms with van der Waals surface area (Å²) in [5.41, 5.74) is 0. The Morgan fingerprint density at radius 1 is 0.700 bits per heavy atom. The van der Waals surface area contributed by atoms with Crippen LogP contribution in [0.3, 0.4) is 0 Å². The highest BCUT2D eigenvalue weighted by atomic mass is 16.4. The Morgan fingerprint density at radius 3 is 1.50 bits per heavy atom. The summed E-state index contributed by atoms with van der Waals surface area (Å²) in [5, 5.41) is 8.52. The second-order valence-corrected chi connectivity index (χ2v) is 6.62. The number of carboxylic acids is 1. The van der Waals surface area contributed by atoms with E-state index in [1.165, 1.54) is 83.5 Å². The van der Waals surface area contributed by atoms with Crippen molar-refractivity contribution in [3.05, 3.63) is 0 Å². The zero-order valence-corrected chi connectivity index (χ0v) is 13.2. The SMILES string of the molecule is O=C(O)CCCCCCCCCCCCCCC1CC1. The van der Waals surface area contributed by atoms with Gasteiger partial charge in [-0.2, -0.15) is 0 Å². The molecule has 0 aliphatic heterocycles. The van der Waals surface area contributed by atoms with E-state index in [2.05, 4.69) is 0 Å². The van der Waals surface area contributed by atoms with Crippen LogP contribution in [0.5, 0.6) is 0 Å². The van der Waals surface area contributed by atoms with Gasteiger partial charge < -0.3 is 5.11 Å². The zero-order chi connectivity index (χ0) is 14.5. The van der Waals surface area contributed by atoms with Gasteiger partial charge in [0, 0.05) is 6.42 Å². The van der Waals surface area contributed by atoms with Crippen molar-refractivity contribution in [2.45, 2.75) is 103 Å². The van der Waals surface area contributed by atoms with Crippen molar-refractivity contribution in [2.75, 3.05) is 0 Å². The molecule has 1 aliphatic rings. The molecule has 0 unspecified atom stereocenters. The molecule has 0 spiro atoms. The molecular weight excluding hydrogens is 248 g/mol. The zero-order valence-electron chi connectivity index (χ0n) is 13.2. The first-order valence-corrected chi connectivity index (χ1v) is 9.01. The average molecular weight is 282 g/mol. The third-order valence-electron chi connectivity index (χ3n) is 4.45. The van der Waals surface area contributed by atoms with Gasteiger partial charge in [0.2, 0.25) is 0 Å². The van der Waals surface area contributed by atoms with Crippen LogP contribution in [0, 0.1) is 5.92 Å². The number of carboxylic acid groups (broad SMARTS) is 1. The molecule has 0 atom stereocenters. The molecule has 2 heteroatoms. The van der Waals surface area contributed by atoms with Crippen molar-refractivity contribution in [3.8, 4) is 0 Å². The van der Waals surface area contributed by atoms with Gasteiger partial charge in [0.05, 0.1) is 0 Å². The normalized spacial score (nSPS) is 14.6. The highest BCUT2D eigenvalue weighted by Crippen LogP contribution is 2.34. The first kappa shape index (κ1) is 17.5. The molecule has 0 aromatic carbocycles. The van der Waals surface area contributed by atoms with Crippen molar-refractivity contribution in [3.63, 3.8) is 0 Å². The maximum absolute atomic E-state index is 10.3.